The van der Waals surface area contributed by atoms with Crippen LogP contribution in [0.25, 0.3) is 0 Å². The lowest BCUT2D eigenvalue weighted by Gasteiger charge is -2.42. The van der Waals surface area contributed by atoms with Crippen molar-refractivity contribution >= 4 is 5.97 Å². The molecule has 1 N–H and O–H groups in total. The minimum absolute atomic E-state index is 0.111. The first-order valence-electron chi connectivity index (χ1n) is 9.03. The Morgan fingerprint density at radius 1 is 1.00 bits per heavy atom. The molecule has 0 aliphatic carbocycles. The van der Waals surface area contributed by atoms with Crippen LogP contribution in [0.1, 0.15) is 44.9 Å². The summed E-state index contributed by atoms with van der Waals surface area (Å²) < 4.78 is 5.85. The molecule has 3 heterocycles. The van der Waals surface area contributed by atoms with E-state index in [2.05, 4.69) is 9.80 Å². The molecule has 3 saturated heterocycles. The largest absolute Gasteiger partial charge is 0.481 e. The Balaban J connectivity index is 1.37. The van der Waals surface area contributed by atoms with Gasteiger partial charge in [-0.05, 0) is 71.1 Å². The van der Waals surface area contributed by atoms with E-state index < -0.39 is 5.97 Å². The minimum atomic E-state index is -0.609. The standard InChI is InChI=1S/C17H30N2O3/c20-17(21)14-4-10-19(11-5-14)15-6-8-18(9-7-15)13-16-3-1-2-12-22-16/h14-16H,1-13H2,(H,20,21). The maximum atomic E-state index is 11.0. The SMILES string of the molecule is O=C(O)C1CCN(C2CCN(CC3CCCCO3)CC2)CC1. The van der Waals surface area contributed by atoms with Crippen molar-refractivity contribution in [2.45, 2.75) is 57.1 Å². The molecule has 3 rings (SSSR count). The van der Waals surface area contributed by atoms with Gasteiger partial charge in [0, 0.05) is 19.2 Å². The molecule has 22 heavy (non-hydrogen) atoms. The second kappa shape index (κ2) is 7.75. The fourth-order valence-corrected chi connectivity index (χ4v) is 4.22. The van der Waals surface area contributed by atoms with Gasteiger partial charge in [-0.3, -0.25) is 4.79 Å². The van der Waals surface area contributed by atoms with Crippen LogP contribution in [0, 0.1) is 5.92 Å². The summed E-state index contributed by atoms with van der Waals surface area (Å²) in [4.78, 5) is 16.1. The summed E-state index contributed by atoms with van der Waals surface area (Å²) in [6.07, 6.45) is 8.33. The van der Waals surface area contributed by atoms with E-state index in [1.807, 2.05) is 0 Å². The summed E-state index contributed by atoms with van der Waals surface area (Å²) in [5, 5.41) is 9.09. The van der Waals surface area contributed by atoms with E-state index in [1.54, 1.807) is 0 Å². The summed E-state index contributed by atoms with van der Waals surface area (Å²) in [5.74, 6) is -0.721. The lowest BCUT2D eigenvalue weighted by Crippen LogP contribution is -2.49. The van der Waals surface area contributed by atoms with Crippen molar-refractivity contribution in [1.82, 2.24) is 9.80 Å². The summed E-state index contributed by atoms with van der Waals surface area (Å²) in [6, 6.07) is 0.665. The molecule has 0 aromatic rings. The Kier molecular flexibility index (Phi) is 5.71. The average Bonchev–Trinajstić information content (AvgIpc) is 2.57. The smallest absolute Gasteiger partial charge is 0.306 e. The molecule has 0 aromatic carbocycles. The van der Waals surface area contributed by atoms with Gasteiger partial charge in [-0.1, -0.05) is 0 Å². The Morgan fingerprint density at radius 2 is 1.73 bits per heavy atom. The monoisotopic (exact) mass is 310 g/mol. The number of likely N-dealkylation sites (tertiary alicyclic amines) is 2. The van der Waals surface area contributed by atoms with E-state index in [1.165, 1.54) is 45.2 Å². The van der Waals surface area contributed by atoms with E-state index in [0.29, 0.717) is 12.1 Å². The van der Waals surface area contributed by atoms with Crippen molar-refractivity contribution < 1.29 is 14.6 Å². The molecule has 0 spiro atoms. The summed E-state index contributed by atoms with van der Waals surface area (Å²) in [5.41, 5.74) is 0. The van der Waals surface area contributed by atoms with Gasteiger partial charge in [-0.2, -0.15) is 0 Å². The highest BCUT2D eigenvalue weighted by Gasteiger charge is 2.31. The lowest BCUT2D eigenvalue weighted by molar-refractivity contribution is -0.143. The van der Waals surface area contributed by atoms with E-state index in [0.717, 1.165) is 39.1 Å². The number of rotatable bonds is 4. The molecule has 0 saturated carbocycles. The second-order valence-electron chi connectivity index (χ2n) is 7.17. The first-order valence-corrected chi connectivity index (χ1v) is 9.03. The average molecular weight is 310 g/mol. The zero-order chi connectivity index (χ0) is 15.4. The summed E-state index contributed by atoms with van der Waals surface area (Å²) in [7, 11) is 0. The van der Waals surface area contributed by atoms with E-state index >= 15 is 0 Å². The van der Waals surface area contributed by atoms with Crippen LogP contribution in [0.5, 0.6) is 0 Å². The van der Waals surface area contributed by atoms with Crippen molar-refractivity contribution in [1.29, 1.82) is 0 Å². The van der Waals surface area contributed by atoms with Gasteiger partial charge in [-0.25, -0.2) is 0 Å². The fraction of sp³-hybridized carbons (Fsp3) is 0.941. The van der Waals surface area contributed by atoms with Crippen molar-refractivity contribution in [3.05, 3.63) is 0 Å². The Labute approximate surface area is 133 Å². The van der Waals surface area contributed by atoms with Gasteiger partial charge >= 0.3 is 5.97 Å². The van der Waals surface area contributed by atoms with Gasteiger partial charge in [0.1, 0.15) is 0 Å². The molecular weight excluding hydrogens is 280 g/mol. The number of ether oxygens (including phenoxy) is 1. The molecule has 5 nitrogen and oxygen atoms in total. The maximum absolute atomic E-state index is 11.0. The second-order valence-corrected chi connectivity index (χ2v) is 7.17. The van der Waals surface area contributed by atoms with Crippen LogP contribution >= 0.6 is 0 Å². The molecular formula is C17H30N2O3. The number of hydrogen-bond donors (Lipinski definition) is 1. The van der Waals surface area contributed by atoms with Crippen LogP contribution in [0.3, 0.4) is 0 Å². The predicted molar refractivity (Wildman–Crippen MR) is 85.0 cm³/mol. The Bertz CT molecular complexity index is 355. The molecule has 0 amide bonds. The van der Waals surface area contributed by atoms with Crippen LogP contribution in [0.4, 0.5) is 0 Å². The molecule has 1 atom stereocenters. The third kappa shape index (κ3) is 4.21. The minimum Gasteiger partial charge on any atom is -0.481 e. The zero-order valence-electron chi connectivity index (χ0n) is 13.6. The fourth-order valence-electron chi connectivity index (χ4n) is 4.22. The molecule has 0 aromatic heterocycles. The number of piperidine rings is 2. The third-order valence-electron chi connectivity index (χ3n) is 5.69. The van der Waals surface area contributed by atoms with Crippen LogP contribution < -0.4 is 0 Å². The molecule has 3 aliphatic rings. The van der Waals surface area contributed by atoms with Gasteiger partial charge in [0.15, 0.2) is 0 Å². The number of carbonyl (C=O) groups is 1. The predicted octanol–water partition coefficient (Wildman–Crippen LogP) is 1.82. The molecule has 1 unspecified atom stereocenters. The number of nitrogens with zero attached hydrogens (tertiary/aromatic N) is 2. The first-order chi connectivity index (χ1) is 10.7. The Hall–Kier alpha value is -0.650. The van der Waals surface area contributed by atoms with E-state index in [9.17, 15) is 4.79 Å². The summed E-state index contributed by atoms with van der Waals surface area (Å²) >= 11 is 0. The zero-order valence-corrected chi connectivity index (χ0v) is 13.6. The molecule has 126 valence electrons. The van der Waals surface area contributed by atoms with Crippen molar-refractivity contribution in [2.24, 2.45) is 5.92 Å². The van der Waals surface area contributed by atoms with Crippen molar-refractivity contribution in [3.8, 4) is 0 Å². The quantitative estimate of drug-likeness (QED) is 0.858. The van der Waals surface area contributed by atoms with Gasteiger partial charge in [0.25, 0.3) is 0 Å². The van der Waals surface area contributed by atoms with Crippen molar-refractivity contribution in [3.63, 3.8) is 0 Å². The van der Waals surface area contributed by atoms with Crippen molar-refractivity contribution in [2.75, 3.05) is 39.3 Å². The molecule has 0 bridgehead atoms. The molecule has 0 radical (unpaired) electrons. The molecule has 5 heteroatoms. The number of carboxylic acids is 1. The first kappa shape index (κ1) is 16.2. The number of carboxylic acid groups (broad SMARTS) is 1. The highest BCUT2D eigenvalue weighted by molar-refractivity contribution is 5.70. The third-order valence-corrected chi connectivity index (χ3v) is 5.69. The van der Waals surface area contributed by atoms with Crippen LogP contribution in [-0.2, 0) is 9.53 Å². The van der Waals surface area contributed by atoms with E-state index in [-0.39, 0.29) is 5.92 Å². The van der Waals surface area contributed by atoms with Crippen LogP contribution in [0.15, 0.2) is 0 Å². The van der Waals surface area contributed by atoms with Gasteiger partial charge < -0.3 is 19.6 Å². The van der Waals surface area contributed by atoms with Gasteiger partial charge in [0.2, 0.25) is 0 Å². The topological polar surface area (TPSA) is 53.0 Å². The van der Waals surface area contributed by atoms with Gasteiger partial charge in [-0.15, -0.1) is 0 Å². The number of aliphatic carboxylic acids is 1. The number of hydrogen-bond acceptors (Lipinski definition) is 4. The van der Waals surface area contributed by atoms with E-state index in [4.69, 9.17) is 9.84 Å². The highest BCUT2D eigenvalue weighted by atomic mass is 16.5. The molecule has 3 fully saturated rings. The van der Waals surface area contributed by atoms with Crippen LogP contribution in [-0.4, -0.2) is 72.4 Å². The highest BCUT2D eigenvalue weighted by Crippen LogP contribution is 2.24. The van der Waals surface area contributed by atoms with Gasteiger partial charge in [0.05, 0.1) is 12.0 Å². The lowest BCUT2D eigenvalue weighted by atomic mass is 9.93. The Morgan fingerprint density at radius 3 is 2.32 bits per heavy atom. The summed E-state index contributed by atoms with van der Waals surface area (Å²) in [6.45, 7) is 6.32. The van der Waals surface area contributed by atoms with Crippen LogP contribution in [0.2, 0.25) is 0 Å². The molecule has 3 aliphatic heterocycles. The normalized spacial score (nSPS) is 30.5. The maximum Gasteiger partial charge on any atom is 0.306 e.